The van der Waals surface area contributed by atoms with Crippen molar-refractivity contribution >= 4 is 27.5 Å². The van der Waals surface area contributed by atoms with Crippen molar-refractivity contribution in [2.45, 2.75) is 32.0 Å². The molecule has 5 rings (SSSR count). The molecule has 2 atom stereocenters. The third-order valence-corrected chi connectivity index (χ3v) is 8.16. The summed E-state index contributed by atoms with van der Waals surface area (Å²) in [5.74, 6) is 2.65. The molecular weight excluding hydrogens is 642 g/mol. The molecule has 0 saturated carbocycles. The summed E-state index contributed by atoms with van der Waals surface area (Å²) in [7, 11) is 6.47. The molecule has 10 nitrogen and oxygen atoms in total. The van der Waals surface area contributed by atoms with Crippen LogP contribution in [-0.2, 0) is 7.58 Å². The quantitative estimate of drug-likeness (QED) is 0.151. The first-order chi connectivity index (χ1) is 22.3. The number of carbonyl (C=O) groups excluding carboxylic acids is 2. The van der Waals surface area contributed by atoms with E-state index in [1.54, 1.807) is 83.9 Å². The summed E-state index contributed by atoms with van der Waals surface area (Å²) in [4.78, 5) is 24.1. The molecule has 4 aromatic rings. The molecule has 1 fully saturated rings. The topological polar surface area (TPSA) is 140 Å². The maximum Gasteiger partial charge on any atom is 1.00 e. The van der Waals surface area contributed by atoms with Gasteiger partial charge in [-0.3, -0.25) is 9.59 Å². The molecule has 1 saturated heterocycles. The molecule has 1 aliphatic rings. The zero-order valence-electron chi connectivity index (χ0n) is 28.4. The standard InChI is InChI=1S/C17H18O4.C17H16O4.C2H6O.Al.Na.H2O.H/c2*1-20-14-7-3-12(4-8-14)16(18)11-17(19)13-5-9-15(21-2)10-6-13;1-2-3;;;;/h3-10,16-17H,11H2,1-2H3;3-10H,11H2,1-2H3;3H,2H2,1H3;;;1H2;/q-2;;;+2;+1;;/p-1. The number of hydrogen-bond donors (Lipinski definition) is 1. The Morgan fingerprint density at radius 2 is 0.896 bits per heavy atom. The molecule has 0 bridgehead atoms. The predicted molar refractivity (Wildman–Crippen MR) is 179 cm³/mol. The maximum absolute atomic E-state index is 12.1. The number of ether oxygens (including phenoxy) is 4. The van der Waals surface area contributed by atoms with Crippen molar-refractivity contribution in [3.8, 4) is 23.0 Å². The number of methoxy groups -OCH3 is 4. The van der Waals surface area contributed by atoms with Crippen molar-refractivity contribution in [1.29, 1.82) is 0 Å². The average Bonchev–Trinajstić information content (AvgIpc) is 3.12. The summed E-state index contributed by atoms with van der Waals surface area (Å²) in [5.41, 5.74) is 3.35. The first-order valence-corrected chi connectivity index (χ1v) is 16.0. The van der Waals surface area contributed by atoms with E-state index >= 15 is 0 Å². The zero-order valence-corrected chi connectivity index (χ0v) is 31.8. The van der Waals surface area contributed by atoms with Crippen LogP contribution in [0, 0.1) is 0 Å². The summed E-state index contributed by atoms with van der Waals surface area (Å²) in [6, 6.07) is 29.6. The largest absolute Gasteiger partial charge is 1.00 e. The number of aliphatic hydroxyl groups is 1. The molecule has 4 aromatic carbocycles. The molecule has 0 radical (unpaired) electrons. The molecule has 2 N–H and O–H groups in total. The molecular formula is C36H42AlNaO10. The second-order valence-electron chi connectivity index (χ2n) is 10.0. The van der Waals surface area contributed by atoms with Gasteiger partial charge in [-0.15, -0.1) is 0 Å². The minimum absolute atomic E-state index is 0. The summed E-state index contributed by atoms with van der Waals surface area (Å²) >= 11 is -0.966. The fraction of sp³-hybridized carbons (Fsp3) is 0.278. The number of aliphatic hydroxyl groups excluding tert-OH is 1. The van der Waals surface area contributed by atoms with Gasteiger partial charge in [0.25, 0.3) is 0 Å². The average molecular weight is 685 g/mol. The second-order valence-corrected chi connectivity index (χ2v) is 10.9. The Labute approximate surface area is 311 Å². The number of carbonyl (C=O) groups is 2. The third-order valence-electron chi connectivity index (χ3n) is 7.09. The first kappa shape index (κ1) is 42.8. The first-order valence-electron chi connectivity index (χ1n) is 14.8. The number of benzene rings is 4. The third kappa shape index (κ3) is 13.4. The Kier molecular flexibility index (Phi) is 20.7. The van der Waals surface area contributed by atoms with Gasteiger partial charge >= 0.3 is 45.4 Å². The van der Waals surface area contributed by atoms with Gasteiger partial charge in [-0.1, -0.05) is 24.3 Å². The summed E-state index contributed by atoms with van der Waals surface area (Å²) < 4.78 is 32.2. The van der Waals surface area contributed by atoms with Crippen molar-refractivity contribution in [3.63, 3.8) is 0 Å². The molecule has 2 unspecified atom stereocenters. The Hall–Kier alpha value is -3.21. The van der Waals surface area contributed by atoms with E-state index in [4.69, 9.17) is 31.6 Å². The van der Waals surface area contributed by atoms with Gasteiger partial charge in [0.15, 0.2) is 11.6 Å². The van der Waals surface area contributed by atoms with Gasteiger partial charge in [0.1, 0.15) is 23.0 Å². The van der Waals surface area contributed by atoms with E-state index in [1.807, 2.05) is 24.3 Å². The molecule has 0 amide bonds. The Bertz CT molecular complexity index is 1370. The predicted octanol–water partition coefficient (Wildman–Crippen LogP) is 3.17. The van der Waals surface area contributed by atoms with Crippen LogP contribution < -0.4 is 48.5 Å². The zero-order chi connectivity index (χ0) is 33.3. The van der Waals surface area contributed by atoms with E-state index in [9.17, 15) is 9.59 Å². The van der Waals surface area contributed by atoms with Gasteiger partial charge in [0.2, 0.25) is 0 Å². The summed E-state index contributed by atoms with van der Waals surface area (Å²) in [5, 5.41) is 7.57. The van der Waals surface area contributed by atoms with Crippen LogP contribution in [0.15, 0.2) is 97.1 Å². The minimum Gasteiger partial charge on any atom is -0.870 e. The number of Topliss-reactive ketones (excluding diaryl/α,β-unsaturated/α-hetero) is 2. The molecule has 12 heteroatoms. The van der Waals surface area contributed by atoms with Crippen molar-refractivity contribution in [1.82, 2.24) is 0 Å². The molecule has 48 heavy (non-hydrogen) atoms. The smallest absolute Gasteiger partial charge is 0.870 e. The molecule has 1 aliphatic heterocycles. The summed E-state index contributed by atoms with van der Waals surface area (Å²) in [6.45, 7) is 1.93. The van der Waals surface area contributed by atoms with Crippen LogP contribution in [0.5, 0.6) is 23.0 Å². The van der Waals surface area contributed by atoms with E-state index in [1.165, 1.54) is 11.1 Å². The van der Waals surface area contributed by atoms with Crippen LogP contribution in [0.2, 0.25) is 0 Å². The van der Waals surface area contributed by atoms with Crippen LogP contribution in [-0.4, -0.2) is 73.1 Å². The van der Waals surface area contributed by atoms with Gasteiger partial charge in [0.05, 0.1) is 47.1 Å². The van der Waals surface area contributed by atoms with E-state index in [2.05, 4.69) is 24.3 Å². The Morgan fingerprint density at radius 3 is 1.17 bits per heavy atom. The molecule has 250 valence electrons. The summed E-state index contributed by atoms with van der Waals surface area (Å²) in [6.07, 6.45) is 0.862. The van der Waals surface area contributed by atoms with Crippen molar-refractivity contribution in [2.24, 2.45) is 0 Å². The van der Waals surface area contributed by atoms with Crippen molar-refractivity contribution in [2.75, 3.05) is 35.0 Å². The fourth-order valence-corrected chi connectivity index (χ4v) is 5.60. The van der Waals surface area contributed by atoms with Gasteiger partial charge in [0, 0.05) is 24.2 Å². The molecule has 0 aliphatic carbocycles. The van der Waals surface area contributed by atoms with Crippen LogP contribution >= 0.6 is 0 Å². The minimum atomic E-state index is -0.966. The number of ketones is 2. The number of hydrogen-bond acceptors (Lipinski definition) is 10. The molecule has 0 aromatic heterocycles. The van der Waals surface area contributed by atoms with E-state index in [0.717, 1.165) is 17.9 Å². The fourth-order valence-electron chi connectivity index (χ4n) is 4.54. The van der Waals surface area contributed by atoms with Crippen molar-refractivity contribution < 1.29 is 76.3 Å². The van der Waals surface area contributed by atoms with Gasteiger partial charge in [-0.2, -0.15) is 0 Å². The maximum atomic E-state index is 12.1. The molecule has 0 spiro atoms. The Morgan fingerprint density at radius 1 is 0.625 bits per heavy atom. The Balaban J connectivity index is 0.000000428. The van der Waals surface area contributed by atoms with Crippen LogP contribution in [0.4, 0.5) is 0 Å². The van der Waals surface area contributed by atoms with Crippen LogP contribution in [0.3, 0.4) is 0 Å². The van der Waals surface area contributed by atoms with E-state index < -0.39 is 15.9 Å². The van der Waals surface area contributed by atoms with Gasteiger partial charge in [-0.05, 0) is 90.8 Å². The van der Waals surface area contributed by atoms with Crippen LogP contribution in [0.25, 0.3) is 0 Å². The van der Waals surface area contributed by atoms with E-state index in [0.29, 0.717) is 22.6 Å². The number of rotatable bonds is 10. The van der Waals surface area contributed by atoms with E-state index in [-0.39, 0.29) is 71.8 Å². The SMILES string of the molecule is CCO.COc1ccc(C(=O)CC(=O)c2ccc(OC)cc2)cc1.COc1ccc(C2CC(c3ccc(OC)cc3)[O][AlH][O]2)cc1.[Na+].[OH-]. The van der Waals surface area contributed by atoms with Gasteiger partial charge < -0.3 is 37.1 Å². The monoisotopic (exact) mass is 684 g/mol. The normalized spacial score (nSPS) is 14.4. The van der Waals surface area contributed by atoms with Gasteiger partial charge in [-0.25, -0.2) is 0 Å². The van der Waals surface area contributed by atoms with Crippen molar-refractivity contribution in [3.05, 3.63) is 119 Å². The second kappa shape index (κ2) is 23.2. The molecule has 1 heterocycles. The van der Waals surface area contributed by atoms with Crippen LogP contribution in [0.1, 0.15) is 63.8 Å².